The van der Waals surface area contributed by atoms with Gasteiger partial charge in [-0.3, -0.25) is 9.48 Å². The van der Waals surface area contributed by atoms with Gasteiger partial charge in [-0.1, -0.05) is 13.8 Å². The minimum Gasteiger partial charge on any atom is -0.293 e. The maximum Gasteiger partial charge on any atom is 0.177 e. The number of aromatic nitrogens is 2. The standard InChI is InChI=1S/C13H22N2O/c1-7-9(2)11-8-12(10(3)16)15(14-11)13(4,5)6/h8-9H,7H2,1-6H3. The predicted molar refractivity (Wildman–Crippen MR) is 65.9 cm³/mol. The molecule has 3 heteroatoms. The van der Waals surface area contributed by atoms with Crippen LogP contribution in [0.15, 0.2) is 6.07 Å². The van der Waals surface area contributed by atoms with E-state index in [4.69, 9.17) is 0 Å². The minimum absolute atomic E-state index is 0.0805. The molecule has 0 bridgehead atoms. The van der Waals surface area contributed by atoms with E-state index in [1.807, 2.05) is 10.7 Å². The molecule has 0 radical (unpaired) electrons. The van der Waals surface area contributed by atoms with E-state index < -0.39 is 0 Å². The summed E-state index contributed by atoms with van der Waals surface area (Å²) in [7, 11) is 0. The largest absolute Gasteiger partial charge is 0.293 e. The van der Waals surface area contributed by atoms with Crippen LogP contribution >= 0.6 is 0 Å². The molecule has 0 amide bonds. The van der Waals surface area contributed by atoms with Crippen LogP contribution in [-0.2, 0) is 5.54 Å². The highest BCUT2D eigenvalue weighted by atomic mass is 16.1. The molecule has 0 N–H and O–H groups in total. The number of carbonyl (C=O) groups is 1. The third-order valence-corrected chi connectivity index (χ3v) is 2.84. The van der Waals surface area contributed by atoms with Gasteiger partial charge in [-0.2, -0.15) is 5.10 Å². The van der Waals surface area contributed by atoms with Crippen LogP contribution in [0.25, 0.3) is 0 Å². The molecule has 90 valence electrons. The van der Waals surface area contributed by atoms with Crippen LogP contribution < -0.4 is 0 Å². The fraction of sp³-hybridized carbons (Fsp3) is 0.692. The van der Waals surface area contributed by atoms with E-state index in [0.717, 1.165) is 12.1 Å². The van der Waals surface area contributed by atoms with E-state index in [2.05, 4.69) is 39.7 Å². The predicted octanol–water partition coefficient (Wildman–Crippen LogP) is 3.35. The van der Waals surface area contributed by atoms with Gasteiger partial charge in [0.15, 0.2) is 5.78 Å². The van der Waals surface area contributed by atoms with Crippen molar-refractivity contribution in [1.29, 1.82) is 0 Å². The molecule has 16 heavy (non-hydrogen) atoms. The highest BCUT2D eigenvalue weighted by molar-refractivity contribution is 5.92. The summed E-state index contributed by atoms with van der Waals surface area (Å²) in [5, 5.41) is 4.57. The number of hydrogen-bond donors (Lipinski definition) is 0. The van der Waals surface area contributed by atoms with Crippen molar-refractivity contribution in [2.75, 3.05) is 0 Å². The van der Waals surface area contributed by atoms with E-state index in [1.165, 1.54) is 0 Å². The summed E-state index contributed by atoms with van der Waals surface area (Å²) >= 11 is 0. The third kappa shape index (κ3) is 2.52. The fourth-order valence-electron chi connectivity index (χ4n) is 1.61. The van der Waals surface area contributed by atoms with Crippen molar-refractivity contribution in [2.24, 2.45) is 0 Å². The fourth-order valence-corrected chi connectivity index (χ4v) is 1.61. The first-order chi connectivity index (χ1) is 7.27. The van der Waals surface area contributed by atoms with Crippen LogP contribution in [0.5, 0.6) is 0 Å². The molecule has 1 aromatic heterocycles. The molecule has 1 unspecified atom stereocenters. The molecule has 1 aromatic rings. The van der Waals surface area contributed by atoms with Crippen LogP contribution in [0.2, 0.25) is 0 Å². The van der Waals surface area contributed by atoms with Crippen LogP contribution in [0.4, 0.5) is 0 Å². The molecule has 0 saturated heterocycles. The number of nitrogens with zero attached hydrogens (tertiary/aromatic N) is 2. The summed E-state index contributed by atoms with van der Waals surface area (Å²) in [6.45, 7) is 12.1. The first-order valence-corrected chi connectivity index (χ1v) is 5.88. The summed E-state index contributed by atoms with van der Waals surface area (Å²) in [6.07, 6.45) is 1.04. The highest BCUT2D eigenvalue weighted by Crippen LogP contribution is 2.23. The SMILES string of the molecule is CCC(C)c1cc(C(C)=O)n(C(C)(C)C)n1. The molecule has 0 fully saturated rings. The second-order valence-electron chi connectivity index (χ2n) is 5.40. The van der Waals surface area contributed by atoms with Crippen molar-refractivity contribution in [3.8, 4) is 0 Å². The first kappa shape index (κ1) is 12.9. The number of carbonyl (C=O) groups excluding carboxylic acids is 1. The Morgan fingerprint density at radius 1 is 1.50 bits per heavy atom. The van der Waals surface area contributed by atoms with Crippen molar-refractivity contribution in [1.82, 2.24) is 9.78 Å². The molecule has 1 atom stereocenters. The lowest BCUT2D eigenvalue weighted by atomic mass is 10.0. The molecule has 0 aromatic carbocycles. The molecule has 0 aliphatic carbocycles. The van der Waals surface area contributed by atoms with Crippen LogP contribution in [-0.4, -0.2) is 15.6 Å². The Balaban J connectivity index is 3.26. The van der Waals surface area contributed by atoms with Gasteiger partial charge >= 0.3 is 0 Å². The van der Waals surface area contributed by atoms with Gasteiger partial charge in [-0.15, -0.1) is 0 Å². The molecule has 3 nitrogen and oxygen atoms in total. The lowest BCUT2D eigenvalue weighted by molar-refractivity contribution is 0.0996. The van der Waals surface area contributed by atoms with Crippen molar-refractivity contribution in [2.45, 2.75) is 59.4 Å². The normalized spacial score (nSPS) is 13.9. The number of hydrogen-bond acceptors (Lipinski definition) is 2. The molecular weight excluding hydrogens is 200 g/mol. The molecule has 0 aliphatic heterocycles. The Morgan fingerprint density at radius 3 is 2.38 bits per heavy atom. The quantitative estimate of drug-likeness (QED) is 0.735. The first-order valence-electron chi connectivity index (χ1n) is 5.88. The third-order valence-electron chi connectivity index (χ3n) is 2.84. The summed E-state index contributed by atoms with van der Waals surface area (Å²) in [5.41, 5.74) is 1.58. The van der Waals surface area contributed by atoms with Gasteiger partial charge in [0.25, 0.3) is 0 Å². The molecule has 0 spiro atoms. The van der Waals surface area contributed by atoms with Crippen LogP contribution in [0, 0.1) is 0 Å². The van der Waals surface area contributed by atoms with Gasteiger partial charge in [0.05, 0.1) is 11.2 Å². The van der Waals surface area contributed by atoms with E-state index in [-0.39, 0.29) is 11.3 Å². The molecular formula is C13H22N2O. The summed E-state index contributed by atoms with van der Waals surface area (Å²) < 4.78 is 1.84. The van der Waals surface area contributed by atoms with E-state index in [9.17, 15) is 4.79 Å². The van der Waals surface area contributed by atoms with Gasteiger partial charge in [-0.25, -0.2) is 0 Å². The zero-order valence-electron chi connectivity index (χ0n) is 11.2. The Hall–Kier alpha value is -1.12. The van der Waals surface area contributed by atoms with Crippen LogP contribution in [0.1, 0.15) is 70.1 Å². The highest BCUT2D eigenvalue weighted by Gasteiger charge is 2.22. The van der Waals surface area contributed by atoms with Gasteiger partial charge in [0.1, 0.15) is 5.69 Å². The Kier molecular flexibility index (Phi) is 3.56. The smallest absolute Gasteiger partial charge is 0.177 e. The summed E-state index contributed by atoms with van der Waals surface area (Å²) in [5.74, 6) is 0.485. The number of Topliss-reactive ketones (excluding diaryl/α,β-unsaturated/α-hetero) is 1. The van der Waals surface area contributed by atoms with Gasteiger partial charge in [-0.05, 0) is 39.2 Å². The average molecular weight is 222 g/mol. The van der Waals surface area contributed by atoms with Gasteiger partial charge < -0.3 is 0 Å². The lowest BCUT2D eigenvalue weighted by Gasteiger charge is -2.21. The summed E-state index contributed by atoms with van der Waals surface area (Å²) in [6, 6.07) is 1.93. The van der Waals surface area contributed by atoms with E-state index in [1.54, 1.807) is 6.92 Å². The maximum atomic E-state index is 11.6. The molecule has 1 rings (SSSR count). The van der Waals surface area contributed by atoms with E-state index >= 15 is 0 Å². The number of ketones is 1. The monoisotopic (exact) mass is 222 g/mol. The zero-order valence-corrected chi connectivity index (χ0v) is 11.2. The summed E-state index contributed by atoms with van der Waals surface area (Å²) in [4.78, 5) is 11.6. The minimum atomic E-state index is -0.146. The molecule has 1 heterocycles. The van der Waals surface area contributed by atoms with Gasteiger partial charge in [0, 0.05) is 6.92 Å². The molecule has 0 saturated carbocycles. The lowest BCUT2D eigenvalue weighted by Crippen LogP contribution is -2.26. The maximum absolute atomic E-state index is 11.6. The number of rotatable bonds is 3. The van der Waals surface area contributed by atoms with Gasteiger partial charge in [0.2, 0.25) is 0 Å². The van der Waals surface area contributed by atoms with Crippen molar-refractivity contribution >= 4 is 5.78 Å². The Morgan fingerprint density at radius 2 is 2.06 bits per heavy atom. The van der Waals surface area contributed by atoms with Crippen LogP contribution in [0.3, 0.4) is 0 Å². The van der Waals surface area contributed by atoms with Crippen molar-refractivity contribution < 1.29 is 4.79 Å². The zero-order chi connectivity index (χ0) is 12.5. The Labute approximate surface area is 97.8 Å². The molecule has 0 aliphatic rings. The van der Waals surface area contributed by atoms with Crippen molar-refractivity contribution in [3.05, 3.63) is 17.5 Å². The Bertz CT molecular complexity index is 385. The second kappa shape index (κ2) is 4.40. The topological polar surface area (TPSA) is 34.9 Å². The average Bonchev–Trinajstić information content (AvgIpc) is 2.60. The second-order valence-corrected chi connectivity index (χ2v) is 5.40. The van der Waals surface area contributed by atoms with E-state index in [0.29, 0.717) is 11.6 Å². The van der Waals surface area contributed by atoms with Crippen molar-refractivity contribution in [3.63, 3.8) is 0 Å².